The molecule has 0 aliphatic carbocycles. The summed E-state index contributed by atoms with van der Waals surface area (Å²) in [5, 5.41) is 13.5. The Kier molecular flexibility index (Phi) is 1.55. The van der Waals surface area contributed by atoms with Crippen molar-refractivity contribution in [2.45, 2.75) is 0 Å². The normalized spacial score (nSPS) is 10.5. The maximum Gasteiger partial charge on any atom is 0.226 e. The number of carbonyl (C=O) groups excluding carboxylic acids is 1. The highest BCUT2D eigenvalue weighted by atomic mass is 16.3. The van der Waals surface area contributed by atoms with Gasteiger partial charge in [-0.2, -0.15) is 9.61 Å². The zero-order valence-corrected chi connectivity index (χ0v) is 6.93. The van der Waals surface area contributed by atoms with Crippen molar-refractivity contribution < 1.29 is 9.90 Å². The fourth-order valence-corrected chi connectivity index (χ4v) is 1.13. The highest BCUT2D eigenvalue weighted by Gasteiger charge is 2.07. The van der Waals surface area contributed by atoms with E-state index in [-0.39, 0.29) is 11.4 Å². The number of aromatic hydroxyl groups is 1. The van der Waals surface area contributed by atoms with Crippen LogP contribution < -0.4 is 5.59 Å². The topological polar surface area (TPSA) is 67.5 Å². The maximum atomic E-state index is 10.4. The third-order valence-electron chi connectivity index (χ3n) is 1.73. The molecule has 0 unspecified atom stereocenters. The van der Waals surface area contributed by atoms with Crippen LogP contribution in [0.2, 0.25) is 0 Å². The number of carbonyl (C=O) groups is 1. The van der Waals surface area contributed by atoms with Crippen LogP contribution in [-0.2, 0) is 0 Å². The number of hydrogen-bond acceptors (Lipinski definition) is 4. The first-order valence-electron chi connectivity index (χ1n) is 3.72. The lowest BCUT2D eigenvalue weighted by Crippen LogP contribution is -2.04. The van der Waals surface area contributed by atoms with Crippen molar-refractivity contribution in [2.75, 3.05) is 0 Å². The van der Waals surface area contributed by atoms with Gasteiger partial charge in [-0.15, -0.1) is 0 Å². The fraction of sp³-hybridized carbons (Fsp3) is 0. The molecule has 0 radical (unpaired) electrons. The van der Waals surface area contributed by atoms with Gasteiger partial charge in [-0.05, 0) is 6.07 Å². The second-order valence-corrected chi connectivity index (χ2v) is 2.71. The standard InChI is InChI=1S/C7H6BN3O2/c8-5-1-6-9-2-4(3-12)7(13)11(6)10-5/h1-3,13H,8H2. The summed E-state index contributed by atoms with van der Waals surface area (Å²) < 4.78 is 1.24. The molecule has 0 aromatic carbocycles. The van der Waals surface area contributed by atoms with Gasteiger partial charge in [0.2, 0.25) is 5.88 Å². The molecule has 2 aromatic heterocycles. The van der Waals surface area contributed by atoms with E-state index in [0.717, 1.165) is 5.59 Å². The maximum absolute atomic E-state index is 10.4. The van der Waals surface area contributed by atoms with Crippen molar-refractivity contribution in [3.63, 3.8) is 0 Å². The van der Waals surface area contributed by atoms with Crippen molar-refractivity contribution in [2.24, 2.45) is 0 Å². The Morgan fingerprint density at radius 1 is 1.62 bits per heavy atom. The predicted molar refractivity (Wildman–Crippen MR) is 48.2 cm³/mol. The van der Waals surface area contributed by atoms with E-state index in [4.69, 9.17) is 0 Å². The van der Waals surface area contributed by atoms with Crippen molar-refractivity contribution in [3.8, 4) is 5.88 Å². The van der Waals surface area contributed by atoms with Crippen LogP contribution in [0.1, 0.15) is 10.4 Å². The number of hydrogen-bond donors (Lipinski definition) is 1. The van der Waals surface area contributed by atoms with Gasteiger partial charge in [0.1, 0.15) is 0 Å². The van der Waals surface area contributed by atoms with Crippen LogP contribution in [-0.4, -0.2) is 33.8 Å². The molecule has 2 rings (SSSR count). The van der Waals surface area contributed by atoms with Crippen LogP contribution in [0.3, 0.4) is 0 Å². The minimum absolute atomic E-state index is 0.135. The number of nitrogens with zero attached hydrogens (tertiary/aromatic N) is 3. The average molecular weight is 175 g/mol. The molecule has 2 heterocycles. The van der Waals surface area contributed by atoms with Gasteiger partial charge in [0.05, 0.1) is 5.56 Å². The summed E-state index contributed by atoms with van der Waals surface area (Å²) in [6, 6.07) is 1.72. The van der Waals surface area contributed by atoms with Gasteiger partial charge < -0.3 is 5.11 Å². The summed E-state index contributed by atoms with van der Waals surface area (Å²) in [5.41, 5.74) is 1.40. The summed E-state index contributed by atoms with van der Waals surface area (Å²) in [4.78, 5) is 14.4. The van der Waals surface area contributed by atoms with E-state index in [1.54, 1.807) is 13.9 Å². The van der Waals surface area contributed by atoms with Crippen molar-refractivity contribution >= 4 is 25.4 Å². The van der Waals surface area contributed by atoms with E-state index >= 15 is 0 Å². The molecule has 2 aromatic rings. The van der Waals surface area contributed by atoms with E-state index in [1.165, 1.54) is 10.7 Å². The van der Waals surface area contributed by atoms with E-state index < -0.39 is 0 Å². The van der Waals surface area contributed by atoms with Crippen LogP contribution in [0.4, 0.5) is 0 Å². The largest absolute Gasteiger partial charge is 0.493 e. The van der Waals surface area contributed by atoms with Gasteiger partial charge in [0.15, 0.2) is 19.8 Å². The summed E-state index contributed by atoms with van der Waals surface area (Å²) in [6.45, 7) is 0. The molecule has 0 fully saturated rings. The number of aromatic nitrogens is 3. The molecule has 0 spiro atoms. The van der Waals surface area contributed by atoms with Crippen molar-refractivity contribution in [1.82, 2.24) is 14.6 Å². The molecule has 5 nitrogen and oxygen atoms in total. The molecular formula is C7H6BN3O2. The molecule has 0 aliphatic heterocycles. The molecule has 6 heteroatoms. The van der Waals surface area contributed by atoms with Crippen LogP contribution in [0.25, 0.3) is 5.65 Å². The minimum atomic E-state index is -0.173. The highest BCUT2D eigenvalue weighted by molar-refractivity contribution is 6.31. The van der Waals surface area contributed by atoms with Crippen LogP contribution in [0.15, 0.2) is 12.3 Å². The zero-order valence-electron chi connectivity index (χ0n) is 6.93. The molecule has 13 heavy (non-hydrogen) atoms. The third-order valence-corrected chi connectivity index (χ3v) is 1.73. The summed E-state index contributed by atoms with van der Waals surface area (Å²) in [5.74, 6) is -0.173. The number of fused-ring (bicyclic) bond motifs is 1. The molecule has 0 bridgehead atoms. The lowest BCUT2D eigenvalue weighted by atomic mass is 10.1. The predicted octanol–water partition coefficient (Wildman–Crippen LogP) is -1.49. The van der Waals surface area contributed by atoms with Gasteiger partial charge in [-0.25, -0.2) is 4.98 Å². The first-order chi connectivity index (χ1) is 6.22. The SMILES string of the molecule is Bc1cc2ncc(C=O)c(O)n2n1. The Bertz CT molecular complexity index is 480. The van der Waals surface area contributed by atoms with Gasteiger partial charge in [0.25, 0.3) is 0 Å². The van der Waals surface area contributed by atoms with Crippen LogP contribution in [0.5, 0.6) is 5.88 Å². The second kappa shape index (κ2) is 2.58. The highest BCUT2D eigenvalue weighted by Crippen LogP contribution is 2.13. The summed E-state index contributed by atoms with van der Waals surface area (Å²) in [7, 11) is 1.79. The second-order valence-electron chi connectivity index (χ2n) is 2.71. The van der Waals surface area contributed by atoms with E-state index in [2.05, 4.69) is 10.1 Å². The molecule has 0 saturated heterocycles. The van der Waals surface area contributed by atoms with Gasteiger partial charge >= 0.3 is 0 Å². The summed E-state index contributed by atoms with van der Waals surface area (Å²) >= 11 is 0. The smallest absolute Gasteiger partial charge is 0.226 e. The van der Waals surface area contributed by atoms with Crippen LogP contribution >= 0.6 is 0 Å². The van der Waals surface area contributed by atoms with Crippen molar-refractivity contribution in [3.05, 3.63) is 17.8 Å². The van der Waals surface area contributed by atoms with Crippen molar-refractivity contribution in [1.29, 1.82) is 0 Å². The van der Waals surface area contributed by atoms with Gasteiger partial charge in [0, 0.05) is 11.8 Å². The molecular weight excluding hydrogens is 169 g/mol. The van der Waals surface area contributed by atoms with E-state index in [0.29, 0.717) is 11.9 Å². The molecule has 0 aliphatic rings. The molecule has 0 amide bonds. The lowest BCUT2D eigenvalue weighted by Gasteiger charge is -1.98. The Labute approximate surface area is 74.4 Å². The molecule has 0 saturated carbocycles. The lowest BCUT2D eigenvalue weighted by molar-refractivity contribution is 0.111. The Morgan fingerprint density at radius 2 is 2.38 bits per heavy atom. The van der Waals surface area contributed by atoms with Gasteiger partial charge in [-0.1, -0.05) is 0 Å². The van der Waals surface area contributed by atoms with Crippen LogP contribution in [0, 0.1) is 0 Å². The number of rotatable bonds is 1. The number of aldehydes is 1. The molecule has 0 atom stereocenters. The first kappa shape index (κ1) is 7.79. The molecule has 1 N–H and O–H groups in total. The minimum Gasteiger partial charge on any atom is -0.493 e. The Balaban J connectivity index is 2.85. The quantitative estimate of drug-likeness (QED) is 0.423. The Hall–Kier alpha value is -1.85. The van der Waals surface area contributed by atoms with E-state index in [1.807, 2.05) is 0 Å². The van der Waals surface area contributed by atoms with Gasteiger partial charge in [-0.3, -0.25) is 4.79 Å². The average Bonchev–Trinajstić information content (AvgIpc) is 2.47. The van der Waals surface area contributed by atoms with E-state index in [9.17, 15) is 9.90 Å². The third kappa shape index (κ3) is 1.07. The molecule has 64 valence electrons. The zero-order chi connectivity index (χ0) is 9.42. The first-order valence-corrected chi connectivity index (χ1v) is 3.72. The monoisotopic (exact) mass is 175 g/mol. The summed E-state index contributed by atoms with van der Waals surface area (Å²) in [6.07, 6.45) is 1.86. The fourth-order valence-electron chi connectivity index (χ4n) is 1.13. The Morgan fingerprint density at radius 3 is 3.08 bits per heavy atom.